The summed E-state index contributed by atoms with van der Waals surface area (Å²) >= 11 is 11.7. The van der Waals surface area contributed by atoms with Crippen LogP contribution in [0.25, 0.3) is 0 Å². The Bertz CT molecular complexity index is 504. The van der Waals surface area contributed by atoms with Crippen molar-refractivity contribution in [2.75, 3.05) is 0 Å². The first kappa shape index (κ1) is 13.5. The van der Waals surface area contributed by atoms with Crippen molar-refractivity contribution in [1.29, 1.82) is 0 Å². The molecule has 2 aromatic rings. The van der Waals surface area contributed by atoms with E-state index in [0.717, 1.165) is 11.1 Å². The van der Waals surface area contributed by atoms with Crippen molar-refractivity contribution >= 4 is 31.7 Å². The number of halogens is 2. The summed E-state index contributed by atoms with van der Waals surface area (Å²) in [6, 6.07) is 14.8. The van der Waals surface area contributed by atoms with Gasteiger partial charge in [0.25, 0.3) is 0 Å². The molecule has 0 bridgehead atoms. The van der Waals surface area contributed by atoms with E-state index < -0.39 is 5.16 Å². The van der Waals surface area contributed by atoms with Gasteiger partial charge in [-0.1, -0.05) is 47.5 Å². The standard InChI is InChI=1S/C14H11Cl2OP/c1-14(18-17,10-2-6-12(15)7-3-10)11-4-8-13(16)9-5-11/h2-9H,1H3. The molecule has 4 heteroatoms. The van der Waals surface area contributed by atoms with Gasteiger partial charge in [-0.2, -0.15) is 0 Å². The van der Waals surface area contributed by atoms with Crippen LogP contribution >= 0.6 is 31.7 Å². The first-order valence-corrected chi connectivity index (χ1v) is 7.00. The quantitative estimate of drug-likeness (QED) is 0.679. The lowest BCUT2D eigenvalue weighted by Gasteiger charge is -2.23. The molecule has 1 nitrogen and oxygen atoms in total. The second kappa shape index (κ2) is 5.40. The maximum Gasteiger partial charge on any atom is 0.171 e. The van der Waals surface area contributed by atoms with Gasteiger partial charge in [0, 0.05) is 10.0 Å². The maximum atomic E-state index is 11.6. The fraction of sp³-hybridized carbons (Fsp3) is 0.143. The lowest BCUT2D eigenvalue weighted by Crippen LogP contribution is -2.15. The molecule has 2 rings (SSSR count). The van der Waals surface area contributed by atoms with Crippen LogP contribution in [0.15, 0.2) is 48.5 Å². The monoisotopic (exact) mass is 296 g/mol. The molecule has 0 amide bonds. The van der Waals surface area contributed by atoms with Crippen molar-refractivity contribution in [1.82, 2.24) is 0 Å². The zero-order valence-corrected chi connectivity index (χ0v) is 12.1. The van der Waals surface area contributed by atoms with Crippen molar-refractivity contribution in [3.05, 3.63) is 69.7 Å². The summed E-state index contributed by atoms with van der Waals surface area (Å²) in [5, 5.41) is 0.745. The molecule has 0 atom stereocenters. The number of hydrogen-bond donors (Lipinski definition) is 0. The molecular formula is C14H11Cl2OP. The van der Waals surface area contributed by atoms with E-state index in [1.165, 1.54) is 0 Å². The van der Waals surface area contributed by atoms with Crippen LogP contribution in [0.2, 0.25) is 10.0 Å². The average molecular weight is 297 g/mol. The molecule has 0 heterocycles. The van der Waals surface area contributed by atoms with E-state index in [2.05, 4.69) is 0 Å². The van der Waals surface area contributed by atoms with Crippen LogP contribution in [-0.2, 0) is 9.72 Å². The van der Waals surface area contributed by atoms with Gasteiger partial charge in [-0.3, -0.25) is 4.57 Å². The summed E-state index contributed by atoms with van der Waals surface area (Å²) in [5.41, 5.74) is 1.90. The van der Waals surface area contributed by atoms with Crippen molar-refractivity contribution in [3.8, 4) is 0 Å². The highest BCUT2D eigenvalue weighted by Crippen LogP contribution is 2.41. The predicted molar refractivity (Wildman–Crippen MR) is 77.0 cm³/mol. The SMILES string of the molecule is CC(P=O)(c1ccc(Cl)cc1)c1ccc(Cl)cc1. The smallest absolute Gasteiger partial charge is 0.171 e. The van der Waals surface area contributed by atoms with Gasteiger partial charge in [-0.25, -0.2) is 0 Å². The molecular weight excluding hydrogens is 286 g/mol. The third-order valence-electron chi connectivity index (χ3n) is 3.00. The van der Waals surface area contributed by atoms with Crippen LogP contribution in [-0.4, -0.2) is 0 Å². The highest BCUT2D eigenvalue weighted by molar-refractivity contribution is 7.25. The van der Waals surface area contributed by atoms with Gasteiger partial charge in [0.2, 0.25) is 0 Å². The summed E-state index contributed by atoms with van der Waals surface area (Å²) in [5.74, 6) is 0. The molecule has 0 aromatic heterocycles. The molecule has 92 valence electrons. The average Bonchev–Trinajstić information content (AvgIpc) is 2.39. The van der Waals surface area contributed by atoms with Gasteiger partial charge >= 0.3 is 0 Å². The first-order valence-electron chi connectivity index (χ1n) is 5.43. The molecule has 18 heavy (non-hydrogen) atoms. The molecule has 0 spiro atoms. The summed E-state index contributed by atoms with van der Waals surface area (Å²) < 4.78 is 11.6. The molecule has 0 aliphatic heterocycles. The third kappa shape index (κ3) is 2.59. The second-order valence-electron chi connectivity index (χ2n) is 4.18. The van der Waals surface area contributed by atoms with E-state index >= 15 is 0 Å². The van der Waals surface area contributed by atoms with Gasteiger partial charge in [-0.05, 0) is 42.3 Å². The number of benzene rings is 2. The summed E-state index contributed by atoms with van der Waals surface area (Å²) in [6.07, 6.45) is 0. The molecule has 0 saturated heterocycles. The zero-order chi connectivity index (χ0) is 13.2. The van der Waals surface area contributed by atoms with Crippen LogP contribution < -0.4 is 0 Å². The van der Waals surface area contributed by atoms with E-state index in [1.807, 2.05) is 31.2 Å². The molecule has 0 saturated carbocycles. The van der Waals surface area contributed by atoms with Crippen LogP contribution in [0.5, 0.6) is 0 Å². The van der Waals surface area contributed by atoms with E-state index in [0.29, 0.717) is 10.0 Å². The largest absolute Gasteiger partial charge is 0.274 e. The summed E-state index contributed by atoms with van der Waals surface area (Å²) in [6.45, 7) is 1.92. The van der Waals surface area contributed by atoms with Crippen molar-refractivity contribution in [2.24, 2.45) is 0 Å². The van der Waals surface area contributed by atoms with E-state index in [4.69, 9.17) is 23.2 Å². The Balaban J connectivity index is 2.50. The normalized spacial score (nSPS) is 11.7. The van der Waals surface area contributed by atoms with Gasteiger partial charge in [0.05, 0.1) is 5.16 Å². The predicted octanol–water partition coefficient (Wildman–Crippen LogP) is 5.55. The number of hydrogen-bond acceptors (Lipinski definition) is 1. The Morgan fingerprint density at radius 2 is 1.17 bits per heavy atom. The lowest BCUT2D eigenvalue weighted by atomic mass is 9.92. The Morgan fingerprint density at radius 1 is 0.833 bits per heavy atom. The summed E-state index contributed by atoms with van der Waals surface area (Å²) in [7, 11) is 0.0340. The molecule has 0 aliphatic rings. The first-order chi connectivity index (χ1) is 8.56. The zero-order valence-electron chi connectivity index (χ0n) is 9.73. The van der Waals surface area contributed by atoms with Gasteiger partial charge < -0.3 is 0 Å². The molecule has 0 aliphatic carbocycles. The molecule has 0 fully saturated rings. The van der Waals surface area contributed by atoms with Gasteiger partial charge in [0.1, 0.15) is 0 Å². The van der Waals surface area contributed by atoms with E-state index in [-0.39, 0.29) is 8.46 Å². The highest BCUT2D eigenvalue weighted by atomic mass is 35.5. The molecule has 2 aromatic carbocycles. The minimum Gasteiger partial charge on any atom is -0.274 e. The van der Waals surface area contributed by atoms with Gasteiger partial charge in [-0.15, -0.1) is 0 Å². The maximum absolute atomic E-state index is 11.6. The summed E-state index contributed by atoms with van der Waals surface area (Å²) in [4.78, 5) is 0. The fourth-order valence-corrected chi connectivity index (χ4v) is 2.58. The molecule has 0 radical (unpaired) electrons. The third-order valence-corrected chi connectivity index (χ3v) is 4.38. The van der Waals surface area contributed by atoms with Crippen LogP contribution in [0.1, 0.15) is 18.1 Å². The Labute approximate surface area is 118 Å². The second-order valence-corrected chi connectivity index (χ2v) is 6.13. The molecule has 0 N–H and O–H groups in total. The van der Waals surface area contributed by atoms with Crippen LogP contribution in [0, 0.1) is 0 Å². The lowest BCUT2D eigenvalue weighted by molar-refractivity contribution is 0.582. The molecule has 0 unspecified atom stereocenters. The van der Waals surface area contributed by atoms with Crippen molar-refractivity contribution < 1.29 is 4.57 Å². The Hall–Kier alpha value is -0.880. The fourth-order valence-electron chi connectivity index (χ4n) is 1.82. The Morgan fingerprint density at radius 3 is 1.44 bits per heavy atom. The number of rotatable bonds is 3. The topological polar surface area (TPSA) is 17.1 Å². The van der Waals surface area contributed by atoms with Crippen molar-refractivity contribution in [3.63, 3.8) is 0 Å². The van der Waals surface area contributed by atoms with E-state index in [9.17, 15) is 4.57 Å². The minimum absolute atomic E-state index is 0.0340. The van der Waals surface area contributed by atoms with E-state index in [1.54, 1.807) is 24.3 Å². The van der Waals surface area contributed by atoms with Crippen LogP contribution in [0.3, 0.4) is 0 Å². The van der Waals surface area contributed by atoms with Crippen molar-refractivity contribution in [2.45, 2.75) is 12.1 Å². The van der Waals surface area contributed by atoms with Gasteiger partial charge in [0.15, 0.2) is 8.46 Å². The minimum atomic E-state index is -0.588. The Kier molecular flexibility index (Phi) is 4.07. The van der Waals surface area contributed by atoms with Crippen LogP contribution in [0.4, 0.5) is 0 Å². The highest BCUT2D eigenvalue weighted by Gasteiger charge is 2.29.